The SMILES string of the molecule is CC(c1ccccc1)N1CC(C(=O)N2CCCCC2CN)CC1=O. The van der Waals surface area contributed by atoms with Crippen molar-refractivity contribution in [2.45, 2.75) is 44.7 Å². The minimum absolute atomic E-state index is 0.00293. The summed E-state index contributed by atoms with van der Waals surface area (Å²) >= 11 is 0. The van der Waals surface area contributed by atoms with E-state index in [1.54, 1.807) is 0 Å². The molecule has 2 N–H and O–H groups in total. The number of carbonyl (C=O) groups is 2. The fourth-order valence-electron chi connectivity index (χ4n) is 3.95. The van der Waals surface area contributed by atoms with Gasteiger partial charge in [-0.25, -0.2) is 0 Å². The Bertz CT molecular complexity index is 590. The molecule has 0 bridgehead atoms. The molecule has 3 rings (SSSR count). The highest BCUT2D eigenvalue weighted by atomic mass is 16.2. The lowest BCUT2D eigenvalue weighted by Crippen LogP contribution is -2.50. The molecule has 3 atom stereocenters. The predicted molar refractivity (Wildman–Crippen MR) is 93.1 cm³/mol. The second-order valence-electron chi connectivity index (χ2n) is 6.95. The lowest BCUT2D eigenvalue weighted by Gasteiger charge is -2.36. The van der Waals surface area contributed by atoms with Crippen LogP contribution < -0.4 is 5.73 Å². The van der Waals surface area contributed by atoms with Gasteiger partial charge in [-0.1, -0.05) is 30.3 Å². The Morgan fingerprint density at radius 1 is 1.29 bits per heavy atom. The minimum Gasteiger partial charge on any atom is -0.338 e. The molecular formula is C19H27N3O2. The van der Waals surface area contributed by atoms with Crippen molar-refractivity contribution in [1.82, 2.24) is 9.80 Å². The highest BCUT2D eigenvalue weighted by molar-refractivity contribution is 5.89. The molecule has 24 heavy (non-hydrogen) atoms. The molecule has 2 aliphatic heterocycles. The maximum absolute atomic E-state index is 12.9. The predicted octanol–water partition coefficient (Wildman–Crippen LogP) is 1.94. The van der Waals surface area contributed by atoms with Crippen LogP contribution in [0.4, 0.5) is 0 Å². The molecule has 2 heterocycles. The Morgan fingerprint density at radius 3 is 2.75 bits per heavy atom. The molecule has 1 aromatic carbocycles. The molecule has 2 aliphatic rings. The summed E-state index contributed by atoms with van der Waals surface area (Å²) in [6.45, 7) is 3.83. The maximum atomic E-state index is 12.9. The molecule has 3 unspecified atom stereocenters. The third-order valence-electron chi connectivity index (χ3n) is 5.44. The maximum Gasteiger partial charge on any atom is 0.228 e. The number of rotatable bonds is 4. The number of benzene rings is 1. The number of hydrogen-bond acceptors (Lipinski definition) is 3. The van der Waals surface area contributed by atoms with E-state index in [2.05, 4.69) is 0 Å². The molecule has 0 aliphatic carbocycles. The molecule has 1 aromatic rings. The number of nitrogens with zero attached hydrogens (tertiary/aromatic N) is 2. The van der Waals surface area contributed by atoms with Crippen molar-refractivity contribution >= 4 is 11.8 Å². The number of piperidine rings is 1. The van der Waals surface area contributed by atoms with E-state index in [0.29, 0.717) is 19.5 Å². The van der Waals surface area contributed by atoms with E-state index in [0.717, 1.165) is 31.4 Å². The van der Waals surface area contributed by atoms with E-state index in [9.17, 15) is 9.59 Å². The summed E-state index contributed by atoms with van der Waals surface area (Å²) in [4.78, 5) is 29.2. The van der Waals surface area contributed by atoms with Crippen molar-refractivity contribution < 1.29 is 9.59 Å². The minimum atomic E-state index is -0.226. The van der Waals surface area contributed by atoms with Gasteiger partial charge in [0.05, 0.1) is 12.0 Å². The van der Waals surface area contributed by atoms with E-state index >= 15 is 0 Å². The molecule has 0 saturated carbocycles. The van der Waals surface area contributed by atoms with Crippen LogP contribution in [0, 0.1) is 5.92 Å². The first-order valence-electron chi connectivity index (χ1n) is 8.96. The quantitative estimate of drug-likeness (QED) is 0.918. The van der Waals surface area contributed by atoms with Gasteiger partial charge in [-0.2, -0.15) is 0 Å². The van der Waals surface area contributed by atoms with Crippen molar-refractivity contribution in [2.75, 3.05) is 19.6 Å². The van der Waals surface area contributed by atoms with Gasteiger partial charge in [0.2, 0.25) is 11.8 Å². The van der Waals surface area contributed by atoms with Crippen LogP contribution in [0.2, 0.25) is 0 Å². The second-order valence-corrected chi connectivity index (χ2v) is 6.95. The van der Waals surface area contributed by atoms with Crippen LogP contribution in [0.15, 0.2) is 30.3 Å². The summed E-state index contributed by atoms with van der Waals surface area (Å²) in [5, 5.41) is 0. The number of likely N-dealkylation sites (tertiary alicyclic amines) is 2. The number of carbonyl (C=O) groups excluding carboxylic acids is 2. The van der Waals surface area contributed by atoms with Crippen LogP contribution in [0.1, 0.15) is 44.2 Å². The lowest BCUT2D eigenvalue weighted by molar-refractivity contribution is -0.139. The Hall–Kier alpha value is -1.88. The number of amides is 2. The topological polar surface area (TPSA) is 66.6 Å². The first-order valence-corrected chi connectivity index (χ1v) is 8.96. The molecule has 0 spiro atoms. The fraction of sp³-hybridized carbons (Fsp3) is 0.579. The van der Waals surface area contributed by atoms with Crippen molar-refractivity contribution in [2.24, 2.45) is 11.7 Å². The Labute approximate surface area is 143 Å². The highest BCUT2D eigenvalue weighted by Crippen LogP contribution is 2.30. The molecule has 5 nitrogen and oxygen atoms in total. The van der Waals surface area contributed by atoms with Gasteiger partial charge in [-0.05, 0) is 31.7 Å². The zero-order valence-corrected chi connectivity index (χ0v) is 14.4. The van der Waals surface area contributed by atoms with Crippen molar-refractivity contribution in [3.05, 3.63) is 35.9 Å². The lowest BCUT2D eigenvalue weighted by atomic mass is 9.98. The highest BCUT2D eigenvalue weighted by Gasteiger charge is 2.40. The van der Waals surface area contributed by atoms with E-state index in [1.807, 2.05) is 47.1 Å². The third kappa shape index (κ3) is 3.31. The van der Waals surface area contributed by atoms with Crippen LogP contribution in [0.25, 0.3) is 0 Å². The summed E-state index contributed by atoms with van der Waals surface area (Å²) in [5.74, 6) is -0.0388. The van der Waals surface area contributed by atoms with Crippen LogP contribution in [0.5, 0.6) is 0 Å². The second kappa shape index (κ2) is 7.34. The molecule has 0 aromatic heterocycles. The average molecular weight is 329 g/mol. The Kier molecular flexibility index (Phi) is 5.19. The van der Waals surface area contributed by atoms with Crippen molar-refractivity contribution in [3.63, 3.8) is 0 Å². The van der Waals surface area contributed by atoms with Crippen LogP contribution in [-0.2, 0) is 9.59 Å². The third-order valence-corrected chi connectivity index (χ3v) is 5.44. The van der Waals surface area contributed by atoms with Crippen LogP contribution in [-0.4, -0.2) is 47.3 Å². The summed E-state index contributed by atoms with van der Waals surface area (Å²) < 4.78 is 0. The molecule has 0 radical (unpaired) electrons. The zero-order chi connectivity index (χ0) is 17.1. The van der Waals surface area contributed by atoms with E-state index in [4.69, 9.17) is 5.73 Å². The van der Waals surface area contributed by atoms with E-state index in [1.165, 1.54) is 0 Å². The van der Waals surface area contributed by atoms with Crippen LogP contribution >= 0.6 is 0 Å². The summed E-state index contributed by atoms with van der Waals surface area (Å²) in [5.41, 5.74) is 6.95. The van der Waals surface area contributed by atoms with Gasteiger partial charge >= 0.3 is 0 Å². The van der Waals surface area contributed by atoms with E-state index in [-0.39, 0.29) is 29.8 Å². The van der Waals surface area contributed by atoms with Gasteiger partial charge in [0.15, 0.2) is 0 Å². The normalized spacial score (nSPS) is 25.8. The number of nitrogens with two attached hydrogens (primary N) is 1. The molecular weight excluding hydrogens is 302 g/mol. The first kappa shape index (κ1) is 17.0. The van der Waals surface area contributed by atoms with Gasteiger partial charge < -0.3 is 15.5 Å². The smallest absolute Gasteiger partial charge is 0.228 e. The van der Waals surface area contributed by atoms with Gasteiger partial charge in [0.1, 0.15) is 0 Å². The molecule has 2 fully saturated rings. The van der Waals surface area contributed by atoms with Gasteiger partial charge in [0.25, 0.3) is 0 Å². The standard InChI is InChI=1S/C19H27N3O2/c1-14(15-7-3-2-4-8-15)22-13-16(11-18(22)23)19(24)21-10-6-5-9-17(21)12-20/h2-4,7-8,14,16-17H,5-6,9-13,20H2,1H3. The monoisotopic (exact) mass is 329 g/mol. The van der Waals surface area contributed by atoms with Gasteiger partial charge in [-0.3, -0.25) is 9.59 Å². The zero-order valence-electron chi connectivity index (χ0n) is 14.4. The first-order chi connectivity index (χ1) is 11.6. The van der Waals surface area contributed by atoms with Crippen molar-refractivity contribution in [3.8, 4) is 0 Å². The number of hydrogen-bond donors (Lipinski definition) is 1. The Balaban J connectivity index is 1.69. The fourth-order valence-corrected chi connectivity index (χ4v) is 3.95. The summed E-state index contributed by atoms with van der Waals surface area (Å²) in [6, 6.07) is 10.1. The van der Waals surface area contributed by atoms with E-state index < -0.39 is 0 Å². The van der Waals surface area contributed by atoms with Crippen molar-refractivity contribution in [1.29, 1.82) is 0 Å². The summed E-state index contributed by atoms with van der Waals surface area (Å²) in [7, 11) is 0. The van der Waals surface area contributed by atoms with Gasteiger partial charge in [0, 0.05) is 32.1 Å². The average Bonchev–Trinajstić information content (AvgIpc) is 3.03. The molecule has 5 heteroatoms. The molecule has 130 valence electrons. The van der Waals surface area contributed by atoms with Gasteiger partial charge in [-0.15, -0.1) is 0 Å². The largest absolute Gasteiger partial charge is 0.338 e. The molecule has 2 saturated heterocycles. The molecule has 2 amide bonds. The Morgan fingerprint density at radius 2 is 2.04 bits per heavy atom. The summed E-state index contributed by atoms with van der Waals surface area (Å²) in [6.07, 6.45) is 3.47. The van der Waals surface area contributed by atoms with Crippen LogP contribution in [0.3, 0.4) is 0 Å².